The number of rotatable bonds is 21. The van der Waals surface area contributed by atoms with Gasteiger partial charge in [-0.3, -0.25) is 0 Å². The highest BCUT2D eigenvalue weighted by Gasteiger charge is 2.33. The van der Waals surface area contributed by atoms with Gasteiger partial charge in [-0.05, 0) is 82.6 Å². The van der Waals surface area contributed by atoms with Gasteiger partial charge in [-0.25, -0.2) is 0 Å². The van der Waals surface area contributed by atoms with Gasteiger partial charge in [0, 0.05) is 101 Å². The van der Waals surface area contributed by atoms with Gasteiger partial charge in [0.05, 0.1) is 39.6 Å². The first kappa shape index (κ1) is 42.5. The molecule has 0 spiro atoms. The first-order valence-corrected chi connectivity index (χ1v) is 17.6. The summed E-state index contributed by atoms with van der Waals surface area (Å²) in [5, 5.41) is 65.5. The third-order valence-electron chi connectivity index (χ3n) is 9.49. The molecule has 12 heteroatoms. The zero-order valence-electron chi connectivity index (χ0n) is 32.0. The van der Waals surface area contributed by atoms with E-state index in [1.165, 1.54) is 0 Å². The molecule has 294 valence electrons. The molecule has 0 aromatic heterocycles. The molecule has 0 aliphatic carbocycles. The molecule has 0 saturated carbocycles. The van der Waals surface area contributed by atoms with Crippen molar-refractivity contribution in [2.45, 2.75) is 64.3 Å². The Morgan fingerprint density at radius 2 is 0.537 bits per heavy atom. The quantitative estimate of drug-likeness (QED) is 0.0639. The highest BCUT2D eigenvalue weighted by molar-refractivity contribution is 5.57. The van der Waals surface area contributed by atoms with Crippen LogP contribution >= 0.6 is 0 Å². The lowest BCUT2D eigenvalue weighted by atomic mass is 9.71. The van der Waals surface area contributed by atoms with Crippen LogP contribution in [-0.2, 0) is 80.9 Å². The van der Waals surface area contributed by atoms with Gasteiger partial charge in [0.25, 0.3) is 0 Å². The second-order valence-corrected chi connectivity index (χ2v) is 13.3. The molecule has 4 rings (SSSR count). The second kappa shape index (κ2) is 20.4. The fraction of sp³-hybridized carbons (Fsp3) is 0.429. The van der Waals surface area contributed by atoms with E-state index in [1.54, 1.807) is 42.7 Å². The zero-order chi connectivity index (χ0) is 39.4. The molecule has 6 N–H and O–H groups in total. The van der Waals surface area contributed by atoms with Gasteiger partial charge in [-0.2, -0.15) is 0 Å². The molecule has 1 unspecified atom stereocenters. The number of phenolic OH excluding ortho intramolecular Hbond substituents is 4. The van der Waals surface area contributed by atoms with E-state index >= 15 is 0 Å². The molecular weight excluding hydrogens is 696 g/mol. The first-order chi connectivity index (χ1) is 26.1. The minimum atomic E-state index is -0.613. The molecule has 0 aliphatic rings. The van der Waals surface area contributed by atoms with Crippen molar-refractivity contribution in [2.75, 3.05) is 55.9 Å². The monoisotopic (exact) mass is 750 g/mol. The standard InChI is InChI=1S/C42H54O12/c1-49-19-31-13-28(14-32(20-50-2)40(31)46)37(27-11-25(7-9-43)39(45)26(12-27)8-10-44)38(29-15-33(21-51-3)41(47)34(16-29)22-52-4)30-17-35(23-53-5)42(48)36(18-30)24-54-6/h11-18,37-38,43-48H,7-10,19-24H2,1-6H3. The van der Waals surface area contributed by atoms with Crippen LogP contribution in [0.1, 0.15) is 78.6 Å². The lowest BCUT2D eigenvalue weighted by Crippen LogP contribution is -2.18. The topological polar surface area (TPSA) is 177 Å². The summed E-state index contributed by atoms with van der Waals surface area (Å²) >= 11 is 0. The van der Waals surface area contributed by atoms with Crippen molar-refractivity contribution in [1.29, 1.82) is 0 Å². The highest BCUT2D eigenvalue weighted by atomic mass is 16.5. The molecule has 12 nitrogen and oxygen atoms in total. The fourth-order valence-electron chi connectivity index (χ4n) is 7.24. The first-order valence-electron chi connectivity index (χ1n) is 17.6. The molecule has 0 heterocycles. The summed E-state index contributed by atoms with van der Waals surface area (Å²) in [5.41, 5.74) is 7.11. The normalized spacial score (nSPS) is 12.2. The molecule has 1 atom stereocenters. The number of benzene rings is 4. The van der Waals surface area contributed by atoms with Crippen LogP contribution in [0, 0.1) is 0 Å². The molecule has 54 heavy (non-hydrogen) atoms. The van der Waals surface area contributed by atoms with Gasteiger partial charge < -0.3 is 59.1 Å². The van der Waals surface area contributed by atoms with Crippen LogP contribution in [0.3, 0.4) is 0 Å². The SMILES string of the molecule is COCc1cc(C(c2cc(CCO)c(O)c(CCO)c2)C(c2cc(COC)c(O)c(COC)c2)c2cc(COC)c(O)c(COC)c2)cc(COC)c1O. The largest absolute Gasteiger partial charge is 0.507 e. The van der Waals surface area contributed by atoms with Crippen LogP contribution in [0.2, 0.25) is 0 Å². The Bertz CT molecular complexity index is 1470. The van der Waals surface area contributed by atoms with E-state index in [4.69, 9.17) is 28.4 Å². The predicted molar refractivity (Wildman–Crippen MR) is 202 cm³/mol. The van der Waals surface area contributed by atoms with Crippen molar-refractivity contribution in [3.8, 4) is 23.0 Å². The molecule has 4 aromatic rings. The summed E-state index contributed by atoms with van der Waals surface area (Å²) in [5.74, 6) is -1.11. The Morgan fingerprint density at radius 3 is 0.722 bits per heavy atom. The van der Waals surface area contributed by atoms with Gasteiger partial charge in [0.15, 0.2) is 0 Å². The van der Waals surface area contributed by atoms with Crippen molar-refractivity contribution in [2.24, 2.45) is 0 Å². The van der Waals surface area contributed by atoms with Gasteiger partial charge in [0.1, 0.15) is 23.0 Å². The van der Waals surface area contributed by atoms with Crippen molar-refractivity contribution in [3.63, 3.8) is 0 Å². The lowest BCUT2D eigenvalue weighted by molar-refractivity contribution is 0.174. The Balaban J connectivity index is 2.28. The summed E-state index contributed by atoms with van der Waals surface area (Å²) in [6.07, 6.45) is 0.304. The van der Waals surface area contributed by atoms with E-state index in [-0.39, 0.29) is 88.7 Å². The van der Waals surface area contributed by atoms with Crippen molar-refractivity contribution >= 4 is 0 Å². The van der Waals surface area contributed by atoms with Crippen LogP contribution in [0.5, 0.6) is 23.0 Å². The number of phenols is 4. The average Bonchev–Trinajstić information content (AvgIpc) is 3.14. The van der Waals surface area contributed by atoms with Crippen molar-refractivity contribution in [3.05, 3.63) is 115 Å². The summed E-state index contributed by atoms with van der Waals surface area (Å²) in [4.78, 5) is 0. The van der Waals surface area contributed by atoms with Gasteiger partial charge in [0.2, 0.25) is 0 Å². The molecule has 0 aliphatic heterocycles. The zero-order valence-corrected chi connectivity index (χ0v) is 32.0. The minimum Gasteiger partial charge on any atom is -0.507 e. The summed E-state index contributed by atoms with van der Waals surface area (Å²) < 4.78 is 33.2. The number of hydrogen-bond acceptors (Lipinski definition) is 12. The molecule has 0 radical (unpaired) electrons. The lowest BCUT2D eigenvalue weighted by Gasteiger charge is -2.33. The van der Waals surface area contributed by atoms with Crippen molar-refractivity contribution in [1.82, 2.24) is 0 Å². The van der Waals surface area contributed by atoms with E-state index in [0.717, 1.165) is 22.3 Å². The second-order valence-electron chi connectivity index (χ2n) is 13.3. The Labute approximate surface area is 317 Å². The van der Waals surface area contributed by atoms with E-state index in [2.05, 4.69) is 0 Å². The minimum absolute atomic E-state index is 0.00760. The number of aromatic hydroxyl groups is 4. The average molecular weight is 751 g/mol. The predicted octanol–water partition coefficient (Wildman–Crippen LogP) is 5.42. The maximum Gasteiger partial charge on any atom is 0.126 e. The molecule has 0 amide bonds. The number of hydrogen-bond donors (Lipinski definition) is 6. The van der Waals surface area contributed by atoms with Gasteiger partial charge >= 0.3 is 0 Å². The van der Waals surface area contributed by atoms with Crippen LogP contribution in [0.25, 0.3) is 0 Å². The van der Waals surface area contributed by atoms with Crippen LogP contribution < -0.4 is 0 Å². The van der Waals surface area contributed by atoms with E-state index in [9.17, 15) is 30.6 Å². The third kappa shape index (κ3) is 9.70. The summed E-state index contributed by atoms with van der Waals surface area (Å²) in [7, 11) is 9.27. The molecular formula is C42H54O12. The Kier molecular flexibility index (Phi) is 16.1. The van der Waals surface area contributed by atoms with Gasteiger partial charge in [-0.1, -0.05) is 12.1 Å². The maximum absolute atomic E-state index is 11.4. The fourth-order valence-corrected chi connectivity index (χ4v) is 7.24. The number of aliphatic hydroxyl groups is 2. The summed E-state index contributed by atoms with van der Waals surface area (Å²) in [6, 6.07) is 15.0. The van der Waals surface area contributed by atoms with Gasteiger partial charge in [-0.15, -0.1) is 0 Å². The maximum atomic E-state index is 11.4. The van der Waals surface area contributed by atoms with E-state index in [1.807, 2.05) is 48.5 Å². The third-order valence-corrected chi connectivity index (χ3v) is 9.49. The molecule has 0 fully saturated rings. The van der Waals surface area contributed by atoms with Crippen molar-refractivity contribution < 1.29 is 59.1 Å². The Hall–Kier alpha value is -4.24. The smallest absolute Gasteiger partial charge is 0.126 e. The molecule has 0 saturated heterocycles. The molecule has 4 aromatic carbocycles. The number of aliphatic hydroxyl groups excluding tert-OH is 2. The highest BCUT2D eigenvalue weighted by Crippen LogP contribution is 2.48. The van der Waals surface area contributed by atoms with Crippen LogP contribution in [-0.4, -0.2) is 86.5 Å². The molecule has 0 bridgehead atoms. The Morgan fingerprint density at radius 1 is 0.352 bits per heavy atom. The van der Waals surface area contributed by atoms with Crippen LogP contribution in [0.15, 0.2) is 48.5 Å². The number of ether oxygens (including phenoxy) is 6. The summed E-state index contributed by atoms with van der Waals surface area (Å²) in [6.45, 7) is 0.142. The number of methoxy groups -OCH3 is 6. The van der Waals surface area contributed by atoms with Crippen LogP contribution in [0.4, 0.5) is 0 Å². The van der Waals surface area contributed by atoms with E-state index in [0.29, 0.717) is 44.5 Å². The van der Waals surface area contributed by atoms with E-state index < -0.39 is 11.8 Å².